The first-order valence-electron chi connectivity index (χ1n) is 9.16. The molecule has 2 rings (SSSR count). The number of non-ortho nitro benzene ring substituents is 1. The number of nitro benzene ring substituents is 1. The maximum absolute atomic E-state index is 14.3. The van der Waals surface area contributed by atoms with Gasteiger partial charge in [0.15, 0.2) is 0 Å². The summed E-state index contributed by atoms with van der Waals surface area (Å²) in [5, 5.41) is 21.5. The van der Waals surface area contributed by atoms with Crippen LogP contribution >= 0.6 is 0 Å². The van der Waals surface area contributed by atoms with Crippen LogP contribution in [-0.2, 0) is 9.53 Å². The molecular formula is C21H23FN2O6. The molecule has 9 heteroatoms. The van der Waals surface area contributed by atoms with Crippen molar-refractivity contribution in [3.8, 4) is 0 Å². The van der Waals surface area contributed by atoms with E-state index in [1.807, 2.05) is 0 Å². The molecule has 0 heterocycles. The number of benzene rings is 2. The Bertz CT molecular complexity index is 927. The molecule has 0 saturated heterocycles. The van der Waals surface area contributed by atoms with Crippen LogP contribution in [0.3, 0.4) is 0 Å². The number of rotatable bonds is 7. The molecule has 1 amide bonds. The van der Waals surface area contributed by atoms with Gasteiger partial charge >= 0.3 is 5.97 Å². The van der Waals surface area contributed by atoms with Crippen LogP contribution in [0.5, 0.6) is 0 Å². The van der Waals surface area contributed by atoms with Gasteiger partial charge < -0.3 is 14.7 Å². The molecule has 0 spiro atoms. The first-order valence-corrected chi connectivity index (χ1v) is 9.16. The molecule has 0 saturated carbocycles. The minimum atomic E-state index is -1.17. The molecule has 0 fully saturated rings. The number of ether oxygens (including phenoxy) is 1. The lowest BCUT2D eigenvalue weighted by Gasteiger charge is -2.27. The Hall–Kier alpha value is -3.33. The molecule has 0 aliphatic carbocycles. The standard InChI is InChI=1S/C21H23FN2O6/c1-21(2,3)30-19(26)13-23(12-18(25)14-7-5-4-6-8-14)20(27)16-11-15(24(28)29)9-10-17(16)22/h4-11,18,25H,12-13H2,1-3H3/t18-/m0/s1. The number of nitrogens with zero attached hydrogens (tertiary/aromatic N) is 2. The minimum absolute atomic E-state index is 0.343. The lowest BCUT2D eigenvalue weighted by atomic mass is 10.1. The number of aliphatic hydroxyl groups excluding tert-OH is 1. The Morgan fingerprint density at radius 2 is 1.83 bits per heavy atom. The summed E-state index contributed by atoms with van der Waals surface area (Å²) in [5.74, 6) is -2.71. The number of halogens is 1. The molecule has 0 aromatic heterocycles. The molecule has 0 aliphatic rings. The van der Waals surface area contributed by atoms with Crippen molar-refractivity contribution in [2.75, 3.05) is 13.1 Å². The van der Waals surface area contributed by atoms with Crippen LogP contribution < -0.4 is 0 Å². The summed E-state index contributed by atoms with van der Waals surface area (Å²) in [5.41, 5.74) is -1.38. The molecule has 0 bridgehead atoms. The highest BCUT2D eigenvalue weighted by molar-refractivity contribution is 5.96. The topological polar surface area (TPSA) is 110 Å². The van der Waals surface area contributed by atoms with Crippen LogP contribution in [0.2, 0.25) is 0 Å². The Labute approximate surface area is 173 Å². The Morgan fingerprint density at radius 1 is 1.20 bits per heavy atom. The van der Waals surface area contributed by atoms with Crippen molar-refractivity contribution in [2.24, 2.45) is 0 Å². The van der Waals surface area contributed by atoms with Crippen molar-refractivity contribution >= 4 is 17.6 Å². The molecule has 30 heavy (non-hydrogen) atoms. The number of nitro groups is 1. The predicted octanol–water partition coefficient (Wildman–Crippen LogP) is 3.25. The molecule has 0 unspecified atom stereocenters. The van der Waals surface area contributed by atoms with Crippen LogP contribution in [0.1, 0.15) is 42.8 Å². The van der Waals surface area contributed by atoms with Gasteiger partial charge in [0.25, 0.3) is 11.6 Å². The molecule has 1 N–H and O–H groups in total. The van der Waals surface area contributed by atoms with Gasteiger partial charge in [0.2, 0.25) is 0 Å². The minimum Gasteiger partial charge on any atom is -0.459 e. The van der Waals surface area contributed by atoms with E-state index >= 15 is 0 Å². The third-order valence-electron chi connectivity index (χ3n) is 4.00. The summed E-state index contributed by atoms with van der Waals surface area (Å²) >= 11 is 0. The molecule has 2 aromatic rings. The van der Waals surface area contributed by atoms with Crippen molar-refractivity contribution in [3.05, 3.63) is 75.6 Å². The zero-order valence-electron chi connectivity index (χ0n) is 16.9. The summed E-state index contributed by atoms with van der Waals surface area (Å²) in [6, 6.07) is 10.9. The second-order valence-electron chi connectivity index (χ2n) is 7.62. The molecule has 160 valence electrons. The largest absolute Gasteiger partial charge is 0.459 e. The van der Waals surface area contributed by atoms with Crippen LogP contribution in [0.4, 0.5) is 10.1 Å². The van der Waals surface area contributed by atoms with Crippen molar-refractivity contribution in [1.82, 2.24) is 4.90 Å². The molecule has 2 aromatic carbocycles. The maximum Gasteiger partial charge on any atom is 0.326 e. The van der Waals surface area contributed by atoms with Gasteiger partial charge in [-0.25, -0.2) is 4.39 Å². The fourth-order valence-corrected chi connectivity index (χ4v) is 2.70. The van der Waals surface area contributed by atoms with Gasteiger partial charge in [-0.05, 0) is 32.4 Å². The van der Waals surface area contributed by atoms with Crippen LogP contribution in [0.25, 0.3) is 0 Å². The molecule has 0 radical (unpaired) electrons. The smallest absolute Gasteiger partial charge is 0.326 e. The number of aliphatic hydroxyl groups is 1. The lowest BCUT2D eigenvalue weighted by molar-refractivity contribution is -0.384. The summed E-state index contributed by atoms with van der Waals surface area (Å²) in [6.07, 6.45) is -1.17. The zero-order valence-corrected chi connectivity index (χ0v) is 16.9. The number of amides is 1. The fourth-order valence-electron chi connectivity index (χ4n) is 2.70. The molecular weight excluding hydrogens is 395 g/mol. The van der Waals surface area contributed by atoms with Crippen LogP contribution in [0, 0.1) is 15.9 Å². The van der Waals surface area contributed by atoms with Gasteiger partial charge in [0.1, 0.15) is 18.0 Å². The van der Waals surface area contributed by atoms with Crippen molar-refractivity contribution in [1.29, 1.82) is 0 Å². The van der Waals surface area contributed by atoms with Crippen LogP contribution in [-0.4, -0.2) is 45.5 Å². The fraction of sp³-hybridized carbons (Fsp3) is 0.333. The van der Waals surface area contributed by atoms with E-state index in [1.165, 1.54) is 0 Å². The van der Waals surface area contributed by atoms with E-state index in [2.05, 4.69) is 0 Å². The van der Waals surface area contributed by atoms with Crippen molar-refractivity contribution in [3.63, 3.8) is 0 Å². The third-order valence-corrected chi connectivity index (χ3v) is 4.00. The van der Waals surface area contributed by atoms with E-state index in [4.69, 9.17) is 4.74 Å². The van der Waals surface area contributed by atoms with E-state index in [9.17, 15) is 29.2 Å². The van der Waals surface area contributed by atoms with Gasteiger partial charge in [0.05, 0.1) is 23.1 Å². The highest BCUT2D eigenvalue weighted by atomic mass is 19.1. The Kier molecular flexibility index (Phi) is 7.23. The highest BCUT2D eigenvalue weighted by Gasteiger charge is 2.28. The lowest BCUT2D eigenvalue weighted by Crippen LogP contribution is -2.41. The second kappa shape index (κ2) is 9.45. The third kappa shape index (κ3) is 6.35. The number of carbonyl (C=O) groups excluding carboxylic acids is 2. The van der Waals surface area contributed by atoms with E-state index in [0.29, 0.717) is 5.56 Å². The number of hydrogen-bond acceptors (Lipinski definition) is 6. The average molecular weight is 418 g/mol. The summed E-state index contributed by atoms with van der Waals surface area (Å²) in [4.78, 5) is 36.4. The van der Waals surface area contributed by atoms with Gasteiger partial charge in [-0.2, -0.15) is 0 Å². The van der Waals surface area contributed by atoms with E-state index < -0.39 is 52.1 Å². The highest BCUT2D eigenvalue weighted by Crippen LogP contribution is 2.21. The van der Waals surface area contributed by atoms with E-state index in [-0.39, 0.29) is 6.54 Å². The van der Waals surface area contributed by atoms with E-state index in [1.54, 1.807) is 51.1 Å². The van der Waals surface area contributed by atoms with Crippen molar-refractivity contribution < 1.29 is 28.7 Å². The quantitative estimate of drug-likeness (QED) is 0.420. The van der Waals surface area contributed by atoms with Gasteiger partial charge in [0, 0.05) is 12.1 Å². The Balaban J connectivity index is 2.34. The number of esters is 1. The Morgan fingerprint density at radius 3 is 2.40 bits per heavy atom. The first kappa shape index (κ1) is 23.0. The number of carbonyl (C=O) groups is 2. The molecule has 8 nitrogen and oxygen atoms in total. The van der Waals surface area contributed by atoms with Crippen molar-refractivity contribution in [2.45, 2.75) is 32.5 Å². The zero-order chi connectivity index (χ0) is 22.5. The van der Waals surface area contributed by atoms with E-state index in [0.717, 1.165) is 23.1 Å². The summed E-state index contributed by atoms with van der Waals surface area (Å²) in [6.45, 7) is 4.04. The van der Waals surface area contributed by atoms with Gasteiger partial charge in [-0.15, -0.1) is 0 Å². The number of hydrogen-bond donors (Lipinski definition) is 1. The average Bonchev–Trinajstić information content (AvgIpc) is 2.66. The monoisotopic (exact) mass is 418 g/mol. The molecule has 0 aliphatic heterocycles. The summed E-state index contributed by atoms with van der Waals surface area (Å²) in [7, 11) is 0. The maximum atomic E-state index is 14.3. The molecule has 1 atom stereocenters. The van der Waals surface area contributed by atoms with Gasteiger partial charge in [-0.1, -0.05) is 30.3 Å². The normalized spacial score (nSPS) is 12.2. The first-order chi connectivity index (χ1) is 14.0. The van der Waals surface area contributed by atoms with Crippen LogP contribution in [0.15, 0.2) is 48.5 Å². The summed E-state index contributed by atoms with van der Waals surface area (Å²) < 4.78 is 19.5. The van der Waals surface area contributed by atoms with Gasteiger partial charge in [-0.3, -0.25) is 19.7 Å². The SMILES string of the molecule is CC(C)(C)OC(=O)CN(C[C@H](O)c1ccccc1)C(=O)c1cc([N+](=O)[O-])ccc1F. The second-order valence-corrected chi connectivity index (χ2v) is 7.62. The predicted molar refractivity (Wildman–Crippen MR) is 106 cm³/mol.